The second-order valence-corrected chi connectivity index (χ2v) is 4.32. The van der Waals surface area contributed by atoms with E-state index in [1.807, 2.05) is 0 Å². The lowest BCUT2D eigenvalue weighted by Gasteiger charge is -2.09. The van der Waals surface area contributed by atoms with Gasteiger partial charge in [0.05, 0.1) is 11.5 Å². The Kier molecular flexibility index (Phi) is 4.42. The van der Waals surface area contributed by atoms with Crippen LogP contribution in [0.4, 0.5) is 0 Å². The molecule has 0 aromatic carbocycles. The maximum Gasteiger partial charge on any atom is 0.111 e. The summed E-state index contributed by atoms with van der Waals surface area (Å²) in [4.78, 5) is 1.42. The Morgan fingerprint density at radius 1 is 1.62 bits per heavy atom. The van der Waals surface area contributed by atoms with E-state index in [9.17, 15) is 0 Å². The molecule has 1 rings (SSSR count). The number of thiophene rings is 1. The van der Waals surface area contributed by atoms with Gasteiger partial charge in [-0.1, -0.05) is 6.92 Å². The van der Waals surface area contributed by atoms with Gasteiger partial charge in [0.25, 0.3) is 0 Å². The molecule has 0 aliphatic rings. The fraction of sp³-hybridized carbons (Fsp3) is 0.600. The van der Waals surface area contributed by atoms with E-state index in [0.717, 1.165) is 13.0 Å². The Labute approximate surface area is 83.6 Å². The van der Waals surface area contributed by atoms with Crippen LogP contribution in [0.2, 0.25) is 0 Å². The Morgan fingerprint density at radius 2 is 2.38 bits per heavy atom. The first-order valence-corrected chi connectivity index (χ1v) is 5.63. The number of nitrogens with two attached hydrogens (primary N) is 1. The summed E-state index contributed by atoms with van der Waals surface area (Å²) in [6.07, 6.45) is 1.03. The van der Waals surface area contributed by atoms with E-state index in [2.05, 4.69) is 30.6 Å². The Balaban J connectivity index is 2.38. The lowest BCUT2D eigenvalue weighted by atomic mass is 10.2. The molecule has 0 radical (unpaired) electrons. The minimum atomic E-state index is 0.279. The van der Waals surface area contributed by atoms with Crippen LogP contribution in [0.3, 0.4) is 0 Å². The van der Waals surface area contributed by atoms with E-state index in [0.29, 0.717) is 6.04 Å². The van der Waals surface area contributed by atoms with E-state index < -0.39 is 0 Å². The van der Waals surface area contributed by atoms with Crippen molar-refractivity contribution in [3.05, 3.63) is 21.9 Å². The van der Waals surface area contributed by atoms with Gasteiger partial charge in [-0.05, 0) is 30.4 Å². The van der Waals surface area contributed by atoms with Crippen molar-refractivity contribution < 1.29 is 10.4 Å². The maximum atomic E-state index is 9.00. The molecule has 1 aromatic rings. The molecule has 0 bridgehead atoms. The predicted octanol–water partition coefficient (Wildman–Crippen LogP) is 0.891. The quantitative estimate of drug-likeness (QED) is 0.728. The number of aliphatic hydroxyl groups excluding tert-OH is 1. The molecule has 3 N–H and O–H groups in total. The van der Waals surface area contributed by atoms with Crippen LogP contribution < -0.4 is 5.32 Å². The van der Waals surface area contributed by atoms with Crippen LogP contribution >= 0.6 is 11.3 Å². The summed E-state index contributed by atoms with van der Waals surface area (Å²) in [6.45, 7) is 5.53. The number of aryl methyl sites for hydroxylation is 1. The van der Waals surface area contributed by atoms with Crippen molar-refractivity contribution in [3.63, 3.8) is 0 Å². The average Bonchev–Trinajstić information content (AvgIpc) is 2.54. The zero-order valence-corrected chi connectivity index (χ0v) is 9.10. The van der Waals surface area contributed by atoms with Crippen LogP contribution in [-0.4, -0.2) is 17.8 Å². The van der Waals surface area contributed by atoms with Crippen LogP contribution in [0.5, 0.6) is 0 Å². The molecule has 13 heavy (non-hydrogen) atoms. The summed E-state index contributed by atoms with van der Waals surface area (Å²) in [5, 5.41) is 13.3. The van der Waals surface area contributed by atoms with Gasteiger partial charge in [0.2, 0.25) is 0 Å². The highest BCUT2D eigenvalue weighted by atomic mass is 32.1. The van der Waals surface area contributed by atoms with Crippen LogP contribution in [0.15, 0.2) is 11.4 Å². The first kappa shape index (κ1) is 10.7. The van der Waals surface area contributed by atoms with E-state index in [4.69, 9.17) is 5.11 Å². The molecule has 0 saturated heterocycles. The van der Waals surface area contributed by atoms with Gasteiger partial charge in [-0.25, -0.2) is 0 Å². The third-order valence-corrected chi connectivity index (χ3v) is 3.41. The lowest BCUT2D eigenvalue weighted by molar-refractivity contribution is -0.705. The van der Waals surface area contributed by atoms with Crippen LogP contribution in [0.1, 0.15) is 23.8 Å². The van der Waals surface area contributed by atoms with Crippen LogP contribution in [-0.2, 0) is 6.54 Å². The van der Waals surface area contributed by atoms with Crippen molar-refractivity contribution in [1.29, 1.82) is 0 Å². The zero-order chi connectivity index (χ0) is 9.68. The van der Waals surface area contributed by atoms with Gasteiger partial charge in [-0.3, -0.25) is 0 Å². The van der Waals surface area contributed by atoms with Gasteiger partial charge in [0.1, 0.15) is 12.6 Å². The second kappa shape index (κ2) is 5.37. The molecule has 0 fully saturated rings. The molecule has 0 amide bonds. The highest BCUT2D eigenvalue weighted by Crippen LogP contribution is 2.13. The fourth-order valence-electron chi connectivity index (χ4n) is 1.26. The molecule has 3 heteroatoms. The highest BCUT2D eigenvalue weighted by Gasteiger charge is 2.08. The molecule has 0 saturated carbocycles. The number of aliphatic hydroxyl groups is 1. The average molecular weight is 200 g/mol. The molecule has 74 valence electrons. The van der Waals surface area contributed by atoms with Crippen molar-refractivity contribution in [3.8, 4) is 0 Å². The third-order valence-electron chi connectivity index (χ3n) is 2.36. The second-order valence-electron chi connectivity index (χ2n) is 3.32. The van der Waals surface area contributed by atoms with Crippen molar-refractivity contribution in [2.45, 2.75) is 32.9 Å². The number of rotatable bonds is 5. The number of hydrogen-bond acceptors (Lipinski definition) is 2. The van der Waals surface area contributed by atoms with Gasteiger partial charge < -0.3 is 10.4 Å². The molecule has 2 nitrogen and oxygen atoms in total. The predicted molar refractivity (Wildman–Crippen MR) is 55.9 cm³/mol. The van der Waals surface area contributed by atoms with Crippen molar-refractivity contribution in [2.24, 2.45) is 0 Å². The summed E-state index contributed by atoms with van der Waals surface area (Å²) < 4.78 is 0. The first-order chi connectivity index (χ1) is 6.27. The molecule has 0 aliphatic carbocycles. The minimum Gasteiger partial charge on any atom is -0.390 e. The Hall–Kier alpha value is -0.380. The monoisotopic (exact) mass is 200 g/mol. The summed E-state index contributed by atoms with van der Waals surface area (Å²) in [5.41, 5.74) is 1.37. The molecule has 0 spiro atoms. The minimum absolute atomic E-state index is 0.279. The van der Waals surface area contributed by atoms with Crippen LogP contribution in [0, 0.1) is 6.92 Å². The fourth-order valence-corrected chi connectivity index (χ4v) is 2.14. The summed E-state index contributed by atoms with van der Waals surface area (Å²) in [5.74, 6) is 0. The molecule has 0 aliphatic heterocycles. The molecular formula is C10H18NOS+. The Morgan fingerprint density at radius 3 is 2.85 bits per heavy atom. The van der Waals surface area contributed by atoms with Gasteiger partial charge in [0, 0.05) is 0 Å². The highest BCUT2D eigenvalue weighted by molar-refractivity contribution is 7.10. The SMILES string of the molecule is CC[C@@H](CO)[NH2+]Cc1sccc1C. The van der Waals surface area contributed by atoms with Gasteiger partial charge in [0.15, 0.2) is 0 Å². The van der Waals surface area contributed by atoms with Crippen molar-refractivity contribution in [1.82, 2.24) is 0 Å². The van der Waals surface area contributed by atoms with Gasteiger partial charge >= 0.3 is 0 Å². The summed E-state index contributed by atoms with van der Waals surface area (Å²) >= 11 is 1.80. The Bertz CT molecular complexity index is 243. The summed E-state index contributed by atoms with van der Waals surface area (Å²) in [6, 6.07) is 2.51. The number of hydrogen-bond donors (Lipinski definition) is 2. The normalized spacial score (nSPS) is 13.2. The van der Waals surface area contributed by atoms with Crippen LogP contribution in [0.25, 0.3) is 0 Å². The molecule has 1 atom stereocenters. The van der Waals surface area contributed by atoms with Crippen molar-refractivity contribution in [2.75, 3.05) is 6.61 Å². The largest absolute Gasteiger partial charge is 0.390 e. The zero-order valence-electron chi connectivity index (χ0n) is 8.29. The standard InChI is InChI=1S/C10H17NOS/c1-3-9(7-12)11-6-10-8(2)4-5-13-10/h4-5,9,11-12H,3,6-7H2,1-2H3/p+1/t9-/m0/s1. The molecular weight excluding hydrogens is 182 g/mol. The van der Waals surface area contributed by atoms with Gasteiger partial charge in [-0.2, -0.15) is 0 Å². The first-order valence-electron chi connectivity index (χ1n) is 4.75. The summed E-state index contributed by atoms with van der Waals surface area (Å²) in [7, 11) is 0. The smallest absolute Gasteiger partial charge is 0.111 e. The van der Waals surface area contributed by atoms with E-state index in [1.54, 1.807) is 11.3 Å². The van der Waals surface area contributed by atoms with Gasteiger partial charge in [-0.15, -0.1) is 11.3 Å². The molecule has 1 heterocycles. The third kappa shape index (κ3) is 3.10. The molecule has 0 unspecified atom stereocenters. The van der Waals surface area contributed by atoms with E-state index in [-0.39, 0.29) is 6.61 Å². The maximum absolute atomic E-state index is 9.00. The molecule has 1 aromatic heterocycles. The topological polar surface area (TPSA) is 36.8 Å². The van der Waals surface area contributed by atoms with Crippen molar-refractivity contribution >= 4 is 11.3 Å². The van der Waals surface area contributed by atoms with E-state index in [1.165, 1.54) is 10.4 Å². The van der Waals surface area contributed by atoms with E-state index >= 15 is 0 Å². The number of quaternary nitrogens is 1. The lowest BCUT2D eigenvalue weighted by Crippen LogP contribution is -2.89.